The van der Waals surface area contributed by atoms with Crippen LogP contribution in [0.25, 0.3) is 0 Å². The molecule has 0 saturated carbocycles. The number of para-hydroxylation sites is 1. The van der Waals surface area contributed by atoms with Crippen molar-refractivity contribution in [1.82, 2.24) is 0 Å². The lowest BCUT2D eigenvalue weighted by Gasteiger charge is -2.26. The maximum absolute atomic E-state index is 11.7. The van der Waals surface area contributed by atoms with Gasteiger partial charge in [-0.2, -0.15) is 0 Å². The minimum absolute atomic E-state index is 0.920. The average molecular weight is 267 g/mol. The van der Waals surface area contributed by atoms with Gasteiger partial charge in [-0.3, -0.25) is 9.69 Å². The van der Waals surface area contributed by atoms with E-state index in [-0.39, 0.29) is 0 Å². The number of carbonyl (C=O) groups excluding carboxylic acids is 1. The fraction of sp³-hybridized carbons (Fsp3) is 0.278. The predicted octanol–water partition coefficient (Wildman–Crippen LogP) is 4.39. The highest BCUT2D eigenvalue weighted by Crippen LogP contribution is 2.31. The van der Waals surface area contributed by atoms with Gasteiger partial charge in [0.05, 0.1) is 11.4 Å². The van der Waals surface area contributed by atoms with Crippen LogP contribution in [0.3, 0.4) is 0 Å². The fourth-order valence-corrected chi connectivity index (χ4v) is 2.67. The number of hydrogen-bond acceptors (Lipinski definition) is 1. The molecular weight excluding hydrogens is 246 g/mol. The van der Waals surface area contributed by atoms with E-state index in [1.54, 1.807) is 4.90 Å². The molecule has 2 heteroatoms. The zero-order valence-corrected chi connectivity index (χ0v) is 12.2. The smallest absolute Gasteiger partial charge is 0.218 e. The summed E-state index contributed by atoms with van der Waals surface area (Å²) in [7, 11) is 0. The van der Waals surface area contributed by atoms with E-state index in [2.05, 4.69) is 12.1 Å². The van der Waals surface area contributed by atoms with Crippen molar-refractivity contribution in [2.45, 2.75) is 33.1 Å². The van der Waals surface area contributed by atoms with Crippen LogP contribution in [0.1, 0.15) is 32.3 Å². The Hall–Kier alpha value is -2.09. The predicted molar refractivity (Wildman–Crippen MR) is 84.6 cm³/mol. The molecule has 1 heterocycles. The Labute approximate surface area is 121 Å². The average Bonchev–Trinajstić information content (AvgIpc) is 2.46. The van der Waals surface area contributed by atoms with E-state index in [1.807, 2.05) is 50.3 Å². The number of anilines is 1. The van der Waals surface area contributed by atoms with Crippen LogP contribution in [-0.4, -0.2) is 6.41 Å². The lowest BCUT2D eigenvalue weighted by atomic mass is 9.97. The van der Waals surface area contributed by atoms with Crippen molar-refractivity contribution in [3.8, 4) is 0 Å². The standard InChI is InChI=1S/C18H21NO/c1-3-8-15-11-7-12-16-10-5-6-13-18(16)19(14-20)17(15)9-4-2/h3-6,8-10,13-14H,7,11-12H2,1-2H3/b8-3-,9-4-,17-15-. The van der Waals surface area contributed by atoms with Crippen LogP contribution >= 0.6 is 0 Å². The second-order valence-electron chi connectivity index (χ2n) is 4.87. The Kier molecular flexibility index (Phi) is 4.94. The molecule has 0 fully saturated rings. The largest absolute Gasteiger partial charge is 0.283 e. The zero-order valence-electron chi connectivity index (χ0n) is 12.2. The molecule has 20 heavy (non-hydrogen) atoms. The molecule has 0 radical (unpaired) electrons. The van der Waals surface area contributed by atoms with E-state index in [9.17, 15) is 4.79 Å². The minimum atomic E-state index is 0.920. The van der Waals surface area contributed by atoms with Crippen molar-refractivity contribution < 1.29 is 4.79 Å². The van der Waals surface area contributed by atoms with E-state index < -0.39 is 0 Å². The van der Waals surface area contributed by atoms with Crippen molar-refractivity contribution in [3.63, 3.8) is 0 Å². The molecule has 1 aliphatic rings. The Morgan fingerprint density at radius 2 is 1.80 bits per heavy atom. The number of benzene rings is 1. The molecule has 2 rings (SSSR count). The summed E-state index contributed by atoms with van der Waals surface area (Å²) in [5.74, 6) is 0. The van der Waals surface area contributed by atoms with Gasteiger partial charge in [0.2, 0.25) is 6.41 Å². The van der Waals surface area contributed by atoms with E-state index in [0.717, 1.165) is 37.1 Å². The van der Waals surface area contributed by atoms with Gasteiger partial charge in [-0.25, -0.2) is 0 Å². The number of aryl methyl sites for hydroxylation is 1. The maximum Gasteiger partial charge on any atom is 0.218 e. The third kappa shape index (κ3) is 2.90. The number of fused-ring (bicyclic) bond motifs is 1. The fourth-order valence-electron chi connectivity index (χ4n) is 2.67. The van der Waals surface area contributed by atoms with Crippen LogP contribution < -0.4 is 4.90 Å². The highest BCUT2D eigenvalue weighted by Gasteiger charge is 2.18. The van der Waals surface area contributed by atoms with Crippen LogP contribution in [0.15, 0.2) is 59.8 Å². The molecule has 0 aromatic heterocycles. The SMILES string of the molecule is C\C=C/C1=C(\C=C/C)N(C=O)c2ccccc2CCC1. The Morgan fingerprint density at radius 3 is 2.50 bits per heavy atom. The number of rotatable bonds is 3. The molecule has 104 valence electrons. The summed E-state index contributed by atoms with van der Waals surface area (Å²) in [6, 6.07) is 8.15. The molecular formula is C18H21NO. The van der Waals surface area contributed by atoms with E-state index in [4.69, 9.17) is 0 Å². The van der Waals surface area contributed by atoms with Gasteiger partial charge in [0.15, 0.2) is 0 Å². The molecule has 1 aromatic rings. The summed E-state index contributed by atoms with van der Waals surface area (Å²) in [5, 5.41) is 0. The number of hydrogen-bond donors (Lipinski definition) is 0. The third-order valence-electron chi connectivity index (χ3n) is 3.53. The van der Waals surface area contributed by atoms with Crippen LogP contribution in [0.2, 0.25) is 0 Å². The van der Waals surface area contributed by atoms with E-state index in [1.165, 1.54) is 11.1 Å². The minimum Gasteiger partial charge on any atom is -0.283 e. The summed E-state index contributed by atoms with van der Waals surface area (Å²) >= 11 is 0. The molecule has 0 atom stereocenters. The molecule has 1 aromatic carbocycles. The number of allylic oxidation sites excluding steroid dienone is 5. The first-order valence-corrected chi connectivity index (χ1v) is 7.12. The Morgan fingerprint density at radius 1 is 1.05 bits per heavy atom. The maximum atomic E-state index is 11.7. The van der Waals surface area contributed by atoms with Crippen LogP contribution in [0.5, 0.6) is 0 Å². The molecule has 0 saturated heterocycles. The monoisotopic (exact) mass is 267 g/mol. The number of carbonyl (C=O) groups is 1. The van der Waals surface area contributed by atoms with Gasteiger partial charge in [-0.05, 0) is 56.4 Å². The van der Waals surface area contributed by atoms with Crippen LogP contribution in [-0.2, 0) is 11.2 Å². The molecule has 2 nitrogen and oxygen atoms in total. The molecule has 1 amide bonds. The van der Waals surface area contributed by atoms with Gasteiger partial charge in [0, 0.05) is 0 Å². The second kappa shape index (κ2) is 6.90. The van der Waals surface area contributed by atoms with Crippen molar-refractivity contribution in [1.29, 1.82) is 0 Å². The summed E-state index contributed by atoms with van der Waals surface area (Å²) in [6.45, 7) is 3.99. The first kappa shape index (κ1) is 14.3. The molecule has 0 spiro atoms. The normalized spacial score (nSPS) is 20.0. The zero-order chi connectivity index (χ0) is 14.4. The third-order valence-corrected chi connectivity index (χ3v) is 3.53. The Bertz CT molecular complexity index is 567. The summed E-state index contributed by atoms with van der Waals surface area (Å²) < 4.78 is 0. The van der Waals surface area contributed by atoms with E-state index >= 15 is 0 Å². The van der Waals surface area contributed by atoms with Gasteiger partial charge in [0.1, 0.15) is 0 Å². The van der Waals surface area contributed by atoms with E-state index in [0.29, 0.717) is 0 Å². The van der Waals surface area contributed by atoms with Crippen molar-refractivity contribution in [2.24, 2.45) is 0 Å². The topological polar surface area (TPSA) is 20.3 Å². The van der Waals surface area contributed by atoms with Gasteiger partial charge in [0.25, 0.3) is 0 Å². The molecule has 0 N–H and O–H groups in total. The number of amides is 1. The molecule has 0 unspecified atom stereocenters. The second-order valence-corrected chi connectivity index (χ2v) is 4.87. The molecule has 0 bridgehead atoms. The lowest BCUT2D eigenvalue weighted by molar-refractivity contribution is -0.107. The number of nitrogens with zero attached hydrogens (tertiary/aromatic N) is 1. The first-order valence-electron chi connectivity index (χ1n) is 7.12. The summed E-state index contributed by atoms with van der Waals surface area (Å²) in [6.07, 6.45) is 12.2. The Balaban J connectivity index is 2.62. The van der Waals surface area contributed by atoms with Gasteiger partial charge in [-0.15, -0.1) is 0 Å². The summed E-state index contributed by atoms with van der Waals surface area (Å²) in [4.78, 5) is 13.4. The molecule has 1 aliphatic heterocycles. The van der Waals surface area contributed by atoms with Crippen LogP contribution in [0, 0.1) is 0 Å². The van der Waals surface area contributed by atoms with Gasteiger partial charge < -0.3 is 0 Å². The molecule has 0 aliphatic carbocycles. The highest BCUT2D eigenvalue weighted by atomic mass is 16.1. The van der Waals surface area contributed by atoms with Crippen LogP contribution in [0.4, 0.5) is 5.69 Å². The van der Waals surface area contributed by atoms with Crippen molar-refractivity contribution in [2.75, 3.05) is 4.90 Å². The summed E-state index contributed by atoms with van der Waals surface area (Å²) in [5.41, 5.74) is 4.43. The quantitative estimate of drug-likeness (QED) is 0.744. The van der Waals surface area contributed by atoms with Crippen molar-refractivity contribution in [3.05, 3.63) is 65.4 Å². The van der Waals surface area contributed by atoms with Gasteiger partial charge >= 0.3 is 0 Å². The lowest BCUT2D eigenvalue weighted by Crippen LogP contribution is -2.23. The first-order chi connectivity index (χ1) is 9.81. The van der Waals surface area contributed by atoms with Gasteiger partial charge in [-0.1, -0.05) is 36.4 Å². The van der Waals surface area contributed by atoms with Crippen molar-refractivity contribution >= 4 is 12.1 Å². The highest BCUT2D eigenvalue weighted by molar-refractivity contribution is 5.83.